The Morgan fingerprint density at radius 3 is 2.23 bits per heavy atom. The lowest BCUT2D eigenvalue weighted by atomic mass is 9.72. The number of nitrogens with one attached hydrogen (secondary N) is 3. The molecule has 44 heavy (non-hydrogen) atoms. The van der Waals surface area contributed by atoms with Gasteiger partial charge >= 0.3 is 0 Å². The lowest BCUT2D eigenvalue weighted by molar-refractivity contribution is -0.133. The number of rotatable bonds is 13. The minimum atomic E-state index is -3.59. The molecule has 10 heteroatoms. The Kier molecular flexibility index (Phi) is 11.2. The maximum absolute atomic E-state index is 14.0. The van der Waals surface area contributed by atoms with Crippen molar-refractivity contribution in [3.63, 3.8) is 0 Å². The Labute approximate surface area is 265 Å². The molecule has 9 nitrogen and oxygen atoms in total. The van der Waals surface area contributed by atoms with Gasteiger partial charge in [0.1, 0.15) is 6.04 Å². The van der Waals surface area contributed by atoms with Crippen LogP contribution in [0.1, 0.15) is 85.1 Å². The van der Waals surface area contributed by atoms with E-state index < -0.39 is 38.7 Å². The minimum Gasteiger partial charge on any atom is -0.390 e. The van der Waals surface area contributed by atoms with E-state index >= 15 is 0 Å². The third-order valence-electron chi connectivity index (χ3n) is 10.0. The summed E-state index contributed by atoms with van der Waals surface area (Å²) in [4.78, 5) is 29.7. The Morgan fingerprint density at radius 1 is 1.00 bits per heavy atom. The van der Waals surface area contributed by atoms with Gasteiger partial charge in [-0.05, 0) is 96.6 Å². The summed E-state index contributed by atoms with van der Waals surface area (Å²) in [5.74, 6) is 0.989. The largest absolute Gasteiger partial charge is 0.390 e. The number of likely N-dealkylation sites (tertiary alicyclic amines) is 1. The number of fused-ring (bicyclic) bond motifs is 1. The lowest BCUT2D eigenvalue weighted by Crippen LogP contribution is -2.63. The van der Waals surface area contributed by atoms with Gasteiger partial charge in [0.05, 0.1) is 22.9 Å². The van der Waals surface area contributed by atoms with Crippen molar-refractivity contribution in [1.29, 1.82) is 0 Å². The normalized spacial score (nSPS) is 25.4. The highest BCUT2D eigenvalue weighted by Crippen LogP contribution is 2.39. The molecule has 1 aliphatic heterocycles. The summed E-state index contributed by atoms with van der Waals surface area (Å²) in [5, 5.41) is 21.3. The van der Waals surface area contributed by atoms with Gasteiger partial charge in [-0.25, -0.2) is 8.42 Å². The number of hydrogen-bond acceptors (Lipinski definition) is 7. The summed E-state index contributed by atoms with van der Waals surface area (Å²) < 4.78 is 24.3. The summed E-state index contributed by atoms with van der Waals surface area (Å²) in [7, 11) is -3.59. The Morgan fingerprint density at radius 2 is 1.64 bits per heavy atom. The number of nitrogens with zero attached hydrogens (tertiary/aromatic N) is 1. The van der Waals surface area contributed by atoms with Gasteiger partial charge in [0.2, 0.25) is 11.8 Å². The summed E-state index contributed by atoms with van der Waals surface area (Å²) in [6.45, 7) is 10.7. The summed E-state index contributed by atoms with van der Waals surface area (Å²) >= 11 is 0. The molecule has 2 saturated carbocycles. The Balaban J connectivity index is 1.57. The van der Waals surface area contributed by atoms with Crippen molar-refractivity contribution < 1.29 is 23.1 Å². The molecule has 4 rings (SSSR count). The SMILES string of the molecule is CC(C)(C)NC(=O)[C@@H]1C[C@@H]2CCCC[C@@H]2CN1C[C@@H](O)[C@H](Cc1ccccc1)NC(=O)[C@@H](NCC1CC1)C(C)(C)S(C)(=O)=O. The molecular weight excluding hydrogens is 576 g/mol. The number of benzene rings is 1. The van der Waals surface area contributed by atoms with Crippen LogP contribution in [-0.4, -0.2) is 90.6 Å². The molecule has 0 unspecified atom stereocenters. The second kappa shape index (κ2) is 14.2. The molecule has 1 heterocycles. The van der Waals surface area contributed by atoms with Gasteiger partial charge in [0.25, 0.3) is 0 Å². The van der Waals surface area contributed by atoms with Gasteiger partial charge in [-0.1, -0.05) is 49.6 Å². The maximum Gasteiger partial charge on any atom is 0.239 e. The Hall–Kier alpha value is -2.01. The van der Waals surface area contributed by atoms with Crippen LogP contribution in [-0.2, 0) is 25.8 Å². The third kappa shape index (κ3) is 9.27. The molecule has 0 radical (unpaired) electrons. The predicted octanol–water partition coefficient (Wildman–Crippen LogP) is 3.06. The zero-order valence-electron chi connectivity index (χ0n) is 27.6. The zero-order valence-corrected chi connectivity index (χ0v) is 28.5. The van der Waals surface area contributed by atoms with Crippen molar-refractivity contribution in [3.05, 3.63) is 35.9 Å². The lowest BCUT2D eigenvalue weighted by Gasteiger charge is -2.47. The van der Waals surface area contributed by atoms with Crippen LogP contribution in [0.3, 0.4) is 0 Å². The van der Waals surface area contributed by atoms with E-state index in [0.29, 0.717) is 30.7 Å². The van der Waals surface area contributed by atoms with Gasteiger partial charge in [0, 0.05) is 24.9 Å². The van der Waals surface area contributed by atoms with Gasteiger partial charge in [-0.2, -0.15) is 0 Å². The van der Waals surface area contributed by atoms with Gasteiger partial charge < -0.3 is 21.1 Å². The summed E-state index contributed by atoms with van der Waals surface area (Å²) in [6.07, 6.45) is 8.12. The minimum absolute atomic E-state index is 0.0170. The number of carbonyl (C=O) groups is 2. The maximum atomic E-state index is 14.0. The number of amides is 2. The highest BCUT2D eigenvalue weighted by Gasteiger charge is 2.45. The highest BCUT2D eigenvalue weighted by atomic mass is 32.2. The molecule has 3 fully saturated rings. The van der Waals surface area contributed by atoms with Gasteiger partial charge in [-0.3, -0.25) is 14.5 Å². The van der Waals surface area contributed by atoms with E-state index in [1.165, 1.54) is 19.1 Å². The van der Waals surface area contributed by atoms with Crippen LogP contribution in [0.2, 0.25) is 0 Å². The van der Waals surface area contributed by atoms with Crippen molar-refractivity contribution in [1.82, 2.24) is 20.9 Å². The van der Waals surface area contributed by atoms with Crippen molar-refractivity contribution in [2.45, 2.75) is 121 Å². The molecule has 2 amide bonds. The number of β-amino-alcohol motifs (C(OH)–C–C–N with tert-alkyl or cyclic N) is 1. The molecule has 6 atom stereocenters. The number of aliphatic hydroxyl groups is 1. The predicted molar refractivity (Wildman–Crippen MR) is 175 cm³/mol. The molecule has 3 aliphatic rings. The summed E-state index contributed by atoms with van der Waals surface area (Å²) in [6, 6.07) is 7.68. The van der Waals surface area contributed by atoms with E-state index in [1.807, 2.05) is 51.1 Å². The second-order valence-corrected chi connectivity index (χ2v) is 17.9. The first kappa shape index (κ1) is 34.9. The molecule has 1 aromatic carbocycles. The fourth-order valence-corrected chi connectivity index (χ4v) is 7.51. The third-order valence-corrected chi connectivity index (χ3v) is 12.2. The van der Waals surface area contributed by atoms with Crippen molar-refractivity contribution in [3.8, 4) is 0 Å². The van der Waals surface area contributed by atoms with Crippen LogP contribution in [0.25, 0.3) is 0 Å². The quantitative estimate of drug-likeness (QED) is 0.263. The Bertz CT molecular complexity index is 1230. The number of carbonyl (C=O) groups excluding carboxylic acids is 2. The van der Waals surface area contributed by atoms with E-state index in [2.05, 4.69) is 20.9 Å². The standard InChI is InChI=1S/C34H56N4O5S/c1-33(2,3)37-31(40)28-19-25-14-10-11-15-26(25)21-38(28)22-29(39)27(18-23-12-8-7-9-13-23)36-32(41)30(35-20-24-16-17-24)34(4,5)44(6,42)43/h7-9,12-13,24-30,35,39H,10-11,14-22H2,1-6H3,(H,36,41)(H,37,40)/t25-,26+,27-,28-,29+,30+/m0/s1. The molecule has 2 aliphatic carbocycles. The van der Waals surface area contributed by atoms with Crippen LogP contribution in [0.4, 0.5) is 0 Å². The smallest absolute Gasteiger partial charge is 0.239 e. The van der Waals surface area contributed by atoms with Crippen molar-refractivity contribution >= 4 is 21.7 Å². The molecule has 0 spiro atoms. The molecule has 248 valence electrons. The molecule has 0 bridgehead atoms. The first-order valence-electron chi connectivity index (χ1n) is 16.6. The molecule has 1 aromatic rings. The highest BCUT2D eigenvalue weighted by molar-refractivity contribution is 7.92. The topological polar surface area (TPSA) is 128 Å². The molecule has 0 aromatic heterocycles. The average molecular weight is 633 g/mol. The van der Waals surface area contributed by atoms with Crippen LogP contribution in [0.15, 0.2) is 30.3 Å². The number of sulfone groups is 1. The van der Waals surface area contributed by atoms with E-state index in [1.54, 1.807) is 13.8 Å². The van der Waals surface area contributed by atoms with Crippen LogP contribution in [0, 0.1) is 17.8 Å². The van der Waals surface area contributed by atoms with Gasteiger partial charge in [-0.15, -0.1) is 0 Å². The van der Waals surface area contributed by atoms with E-state index in [4.69, 9.17) is 0 Å². The fourth-order valence-electron chi connectivity index (χ4n) is 6.89. The number of aliphatic hydroxyl groups excluding tert-OH is 1. The monoisotopic (exact) mass is 632 g/mol. The van der Waals surface area contributed by atoms with E-state index in [0.717, 1.165) is 44.2 Å². The second-order valence-electron chi connectivity index (χ2n) is 15.3. The molecule has 4 N–H and O–H groups in total. The average Bonchev–Trinajstić information content (AvgIpc) is 3.76. The van der Waals surface area contributed by atoms with Crippen LogP contribution < -0.4 is 16.0 Å². The summed E-state index contributed by atoms with van der Waals surface area (Å²) in [5.41, 5.74) is 0.582. The molecule has 1 saturated heterocycles. The number of piperidine rings is 1. The first-order valence-corrected chi connectivity index (χ1v) is 18.5. The zero-order chi connectivity index (χ0) is 32.3. The van der Waals surface area contributed by atoms with E-state index in [-0.39, 0.29) is 24.0 Å². The first-order chi connectivity index (χ1) is 20.5. The number of hydrogen-bond donors (Lipinski definition) is 4. The van der Waals surface area contributed by atoms with Crippen LogP contribution in [0.5, 0.6) is 0 Å². The van der Waals surface area contributed by atoms with Crippen molar-refractivity contribution in [2.75, 3.05) is 25.9 Å². The van der Waals surface area contributed by atoms with Crippen molar-refractivity contribution in [2.24, 2.45) is 17.8 Å². The fraction of sp³-hybridized carbons (Fsp3) is 0.765. The van der Waals surface area contributed by atoms with E-state index in [9.17, 15) is 23.1 Å². The molecular formula is C34H56N4O5S. The van der Waals surface area contributed by atoms with Gasteiger partial charge in [0.15, 0.2) is 9.84 Å². The van der Waals surface area contributed by atoms with Crippen LogP contribution >= 0.6 is 0 Å².